The number of nitrogens with zero attached hydrogens (tertiary/aromatic N) is 2. The molecule has 0 amide bonds. The molecule has 0 unspecified atom stereocenters. The van der Waals surface area contributed by atoms with E-state index in [1.807, 2.05) is 17.5 Å². The average molecular weight is 239 g/mol. The van der Waals surface area contributed by atoms with Crippen molar-refractivity contribution in [1.82, 2.24) is 9.88 Å². The highest BCUT2D eigenvalue weighted by Crippen LogP contribution is 2.64. The zero-order valence-corrected chi connectivity index (χ0v) is 11.3. The Morgan fingerprint density at radius 2 is 2.19 bits per heavy atom. The molecule has 1 heterocycles. The molecule has 1 aliphatic carbocycles. The van der Waals surface area contributed by atoms with Crippen LogP contribution >= 0.6 is 11.3 Å². The summed E-state index contributed by atoms with van der Waals surface area (Å²) in [6.07, 6.45) is 2.02. The number of aromatic nitrogens is 1. The monoisotopic (exact) mass is 239 g/mol. The Balaban J connectivity index is 2.09. The SMILES string of the molecule is CN(C)Cc1cnc([C@@H]2[C@@H](CN)C2(C)C)s1. The highest BCUT2D eigenvalue weighted by molar-refractivity contribution is 7.11. The Hall–Kier alpha value is -0.450. The van der Waals surface area contributed by atoms with Gasteiger partial charge in [0.1, 0.15) is 0 Å². The molecule has 2 atom stereocenters. The zero-order valence-electron chi connectivity index (χ0n) is 10.5. The van der Waals surface area contributed by atoms with Crippen LogP contribution in [-0.4, -0.2) is 30.5 Å². The number of nitrogens with two attached hydrogens (primary N) is 1. The van der Waals surface area contributed by atoms with Gasteiger partial charge in [-0.05, 0) is 32.0 Å². The fourth-order valence-corrected chi connectivity index (χ4v) is 3.92. The van der Waals surface area contributed by atoms with Gasteiger partial charge in [-0.2, -0.15) is 0 Å². The predicted molar refractivity (Wildman–Crippen MR) is 68.6 cm³/mol. The van der Waals surface area contributed by atoms with E-state index in [0.29, 0.717) is 17.3 Å². The first-order valence-corrected chi connectivity index (χ1v) is 6.58. The van der Waals surface area contributed by atoms with Crippen molar-refractivity contribution >= 4 is 11.3 Å². The molecule has 2 rings (SSSR count). The molecule has 1 aromatic heterocycles. The lowest BCUT2D eigenvalue weighted by Gasteiger charge is -2.05. The van der Waals surface area contributed by atoms with Crippen LogP contribution in [0.25, 0.3) is 0 Å². The zero-order chi connectivity index (χ0) is 11.9. The van der Waals surface area contributed by atoms with Crippen molar-refractivity contribution in [3.63, 3.8) is 0 Å². The highest BCUT2D eigenvalue weighted by atomic mass is 32.1. The Kier molecular flexibility index (Phi) is 3.07. The molecule has 1 aliphatic rings. The molecule has 0 aliphatic heterocycles. The Bertz CT molecular complexity index is 370. The lowest BCUT2D eigenvalue weighted by molar-refractivity contribution is 0.406. The van der Waals surface area contributed by atoms with Crippen molar-refractivity contribution in [1.29, 1.82) is 0 Å². The molecule has 16 heavy (non-hydrogen) atoms. The fourth-order valence-electron chi connectivity index (χ4n) is 2.53. The van der Waals surface area contributed by atoms with Gasteiger partial charge in [0.05, 0.1) is 5.01 Å². The number of rotatable bonds is 4. The summed E-state index contributed by atoms with van der Waals surface area (Å²) in [5, 5.41) is 1.28. The quantitative estimate of drug-likeness (QED) is 0.872. The Labute approximate surface area is 102 Å². The molecule has 0 saturated heterocycles. The minimum atomic E-state index is 0.349. The largest absolute Gasteiger partial charge is 0.330 e. The van der Waals surface area contributed by atoms with Crippen LogP contribution in [0.2, 0.25) is 0 Å². The second-order valence-corrected chi connectivity index (χ2v) is 6.69. The summed E-state index contributed by atoms with van der Waals surface area (Å²) in [6, 6.07) is 0. The molecular formula is C12H21N3S. The van der Waals surface area contributed by atoms with Crippen molar-refractivity contribution in [2.24, 2.45) is 17.1 Å². The van der Waals surface area contributed by atoms with Crippen LogP contribution < -0.4 is 5.73 Å². The van der Waals surface area contributed by atoms with Crippen LogP contribution in [0.15, 0.2) is 6.20 Å². The van der Waals surface area contributed by atoms with E-state index in [0.717, 1.165) is 13.1 Å². The molecule has 90 valence electrons. The molecule has 1 aromatic rings. The molecule has 2 N–H and O–H groups in total. The lowest BCUT2D eigenvalue weighted by Crippen LogP contribution is -2.09. The van der Waals surface area contributed by atoms with E-state index in [1.165, 1.54) is 9.88 Å². The van der Waals surface area contributed by atoms with Gasteiger partial charge in [-0.25, -0.2) is 4.98 Å². The summed E-state index contributed by atoms with van der Waals surface area (Å²) in [4.78, 5) is 8.08. The van der Waals surface area contributed by atoms with E-state index < -0.39 is 0 Å². The molecule has 1 fully saturated rings. The molecule has 3 nitrogen and oxygen atoms in total. The van der Waals surface area contributed by atoms with Crippen molar-refractivity contribution < 1.29 is 0 Å². The third-order valence-electron chi connectivity index (χ3n) is 3.61. The van der Waals surface area contributed by atoms with Crippen LogP contribution in [0.3, 0.4) is 0 Å². The van der Waals surface area contributed by atoms with Gasteiger partial charge in [-0.15, -0.1) is 11.3 Å². The van der Waals surface area contributed by atoms with Gasteiger partial charge in [0.25, 0.3) is 0 Å². The van der Waals surface area contributed by atoms with Gasteiger partial charge in [0.2, 0.25) is 0 Å². The van der Waals surface area contributed by atoms with Crippen molar-refractivity contribution in [2.45, 2.75) is 26.3 Å². The maximum absolute atomic E-state index is 5.79. The number of hydrogen-bond acceptors (Lipinski definition) is 4. The predicted octanol–water partition coefficient (Wildman–Crippen LogP) is 1.90. The minimum absolute atomic E-state index is 0.349. The molecular weight excluding hydrogens is 218 g/mol. The lowest BCUT2D eigenvalue weighted by atomic mass is 10.1. The first-order valence-electron chi connectivity index (χ1n) is 5.76. The number of thiazole rings is 1. The first-order chi connectivity index (χ1) is 7.46. The Morgan fingerprint density at radius 3 is 2.69 bits per heavy atom. The van der Waals surface area contributed by atoms with Gasteiger partial charge in [-0.1, -0.05) is 13.8 Å². The van der Waals surface area contributed by atoms with Crippen LogP contribution in [0.1, 0.15) is 29.7 Å². The maximum atomic E-state index is 5.79. The second kappa shape index (κ2) is 4.09. The van der Waals surface area contributed by atoms with E-state index >= 15 is 0 Å². The number of hydrogen-bond donors (Lipinski definition) is 1. The summed E-state index contributed by atoms with van der Waals surface area (Å²) in [5.74, 6) is 1.20. The van der Waals surface area contributed by atoms with E-state index in [9.17, 15) is 0 Å². The minimum Gasteiger partial charge on any atom is -0.330 e. The standard InChI is InChI=1S/C12H21N3S/c1-12(2)9(5-13)10(12)11-14-6-8(16-11)7-15(3)4/h6,9-10H,5,7,13H2,1-4H3/t9-,10+/m1/s1. The van der Waals surface area contributed by atoms with Crippen LogP contribution in [0, 0.1) is 11.3 Å². The molecule has 0 bridgehead atoms. The third-order valence-corrected chi connectivity index (χ3v) is 4.68. The van der Waals surface area contributed by atoms with Gasteiger partial charge < -0.3 is 10.6 Å². The normalized spacial score (nSPS) is 27.4. The van der Waals surface area contributed by atoms with E-state index in [2.05, 4.69) is 37.8 Å². The van der Waals surface area contributed by atoms with E-state index in [4.69, 9.17) is 5.73 Å². The highest BCUT2D eigenvalue weighted by Gasteiger charge is 2.58. The first kappa shape index (κ1) is 12.0. The van der Waals surface area contributed by atoms with Gasteiger partial charge in [0.15, 0.2) is 0 Å². The van der Waals surface area contributed by atoms with Crippen LogP contribution in [0.5, 0.6) is 0 Å². The maximum Gasteiger partial charge on any atom is 0.0968 e. The van der Waals surface area contributed by atoms with E-state index in [1.54, 1.807) is 0 Å². The second-order valence-electron chi connectivity index (χ2n) is 5.54. The molecule has 0 aromatic carbocycles. The van der Waals surface area contributed by atoms with Gasteiger partial charge in [-0.3, -0.25) is 0 Å². The topological polar surface area (TPSA) is 42.2 Å². The van der Waals surface area contributed by atoms with Crippen LogP contribution in [0.4, 0.5) is 0 Å². The summed E-state index contributed by atoms with van der Waals surface area (Å²) < 4.78 is 0. The van der Waals surface area contributed by atoms with Crippen LogP contribution in [-0.2, 0) is 6.54 Å². The molecule has 0 radical (unpaired) electrons. The average Bonchev–Trinajstić information content (AvgIpc) is 2.55. The third kappa shape index (κ3) is 2.01. The molecule has 4 heteroatoms. The summed E-state index contributed by atoms with van der Waals surface area (Å²) in [6.45, 7) is 6.35. The Morgan fingerprint density at radius 1 is 1.50 bits per heavy atom. The van der Waals surface area contributed by atoms with Crippen molar-refractivity contribution in [3.8, 4) is 0 Å². The van der Waals surface area contributed by atoms with Crippen molar-refractivity contribution in [3.05, 3.63) is 16.1 Å². The van der Waals surface area contributed by atoms with Gasteiger partial charge >= 0.3 is 0 Å². The summed E-state index contributed by atoms with van der Waals surface area (Å²) in [7, 11) is 4.17. The van der Waals surface area contributed by atoms with Crippen molar-refractivity contribution in [2.75, 3.05) is 20.6 Å². The summed E-state index contributed by atoms with van der Waals surface area (Å²) in [5.41, 5.74) is 6.14. The molecule has 1 saturated carbocycles. The smallest absolute Gasteiger partial charge is 0.0968 e. The summed E-state index contributed by atoms with van der Waals surface area (Å²) >= 11 is 1.84. The van der Waals surface area contributed by atoms with E-state index in [-0.39, 0.29) is 0 Å². The molecule has 0 spiro atoms. The van der Waals surface area contributed by atoms with Gasteiger partial charge in [0, 0.05) is 23.5 Å². The fraction of sp³-hybridized carbons (Fsp3) is 0.750.